The summed E-state index contributed by atoms with van der Waals surface area (Å²) in [6.07, 6.45) is 4.80. The molecule has 0 fully saturated rings. The Morgan fingerprint density at radius 3 is 2.45 bits per heavy atom. The summed E-state index contributed by atoms with van der Waals surface area (Å²) in [5.74, 6) is 0. The molecule has 0 radical (unpaired) electrons. The van der Waals surface area contributed by atoms with Gasteiger partial charge in [-0.2, -0.15) is 0 Å². The Morgan fingerprint density at radius 1 is 1.00 bits per heavy atom. The molecule has 0 saturated carbocycles. The molecule has 1 heteroatoms. The minimum absolute atomic E-state index is 0.692. The maximum atomic E-state index is 11.1. The molecule has 20 heavy (non-hydrogen) atoms. The van der Waals surface area contributed by atoms with Gasteiger partial charge in [0.25, 0.3) is 0 Å². The Morgan fingerprint density at radius 2 is 1.70 bits per heavy atom. The molecule has 0 spiro atoms. The highest BCUT2D eigenvalue weighted by Gasteiger charge is 2.33. The lowest BCUT2D eigenvalue weighted by atomic mass is 9.76. The van der Waals surface area contributed by atoms with E-state index in [-0.39, 0.29) is 0 Å². The fraction of sp³-hybridized carbons (Fsp3) is 0.368. The van der Waals surface area contributed by atoms with E-state index in [4.69, 9.17) is 0 Å². The highest BCUT2D eigenvalue weighted by molar-refractivity contribution is 5.36. The van der Waals surface area contributed by atoms with Crippen LogP contribution in [-0.2, 0) is 24.9 Å². The quantitative estimate of drug-likeness (QED) is 0.889. The van der Waals surface area contributed by atoms with Gasteiger partial charge in [-0.15, -0.1) is 0 Å². The fourth-order valence-corrected chi connectivity index (χ4v) is 3.31. The number of rotatable bonds is 3. The second kappa shape index (κ2) is 5.41. The van der Waals surface area contributed by atoms with Gasteiger partial charge >= 0.3 is 0 Å². The van der Waals surface area contributed by atoms with Crippen LogP contribution in [0.1, 0.15) is 42.0 Å². The van der Waals surface area contributed by atoms with Gasteiger partial charge in [0.1, 0.15) is 0 Å². The monoisotopic (exact) mass is 266 g/mol. The molecule has 1 unspecified atom stereocenters. The first-order valence-electron chi connectivity index (χ1n) is 7.60. The highest BCUT2D eigenvalue weighted by atomic mass is 16.3. The first-order valence-corrected chi connectivity index (χ1v) is 7.60. The average Bonchev–Trinajstić information content (AvgIpc) is 2.48. The predicted molar refractivity (Wildman–Crippen MR) is 82.8 cm³/mol. The molecule has 0 aromatic heterocycles. The molecular formula is C19H22O. The van der Waals surface area contributed by atoms with Crippen LogP contribution in [-0.4, -0.2) is 5.11 Å². The summed E-state index contributed by atoms with van der Waals surface area (Å²) in [6, 6.07) is 17.0. The zero-order valence-electron chi connectivity index (χ0n) is 12.1. The second-order valence-electron chi connectivity index (χ2n) is 5.89. The summed E-state index contributed by atoms with van der Waals surface area (Å²) in [6.45, 7) is 2.17. The standard InChI is InChI=1S/C19H22O/c1-2-15-9-11-16(12-10-15)14-19(20)13-5-7-17-6-3-4-8-18(17)19/h3-4,6,8-12,20H,2,5,7,13-14H2,1H3. The molecule has 104 valence electrons. The van der Waals surface area contributed by atoms with Crippen LogP contribution in [0.2, 0.25) is 0 Å². The summed E-state index contributed by atoms with van der Waals surface area (Å²) < 4.78 is 0. The van der Waals surface area contributed by atoms with E-state index in [1.165, 1.54) is 16.7 Å². The van der Waals surface area contributed by atoms with E-state index in [1.807, 2.05) is 6.07 Å². The van der Waals surface area contributed by atoms with Crippen molar-refractivity contribution in [2.45, 2.75) is 44.6 Å². The van der Waals surface area contributed by atoms with Gasteiger partial charge < -0.3 is 5.11 Å². The molecule has 2 aromatic rings. The van der Waals surface area contributed by atoms with Gasteiger partial charge in [0.05, 0.1) is 5.60 Å². The van der Waals surface area contributed by atoms with Gasteiger partial charge in [-0.05, 0) is 47.9 Å². The van der Waals surface area contributed by atoms with Crippen LogP contribution in [0.25, 0.3) is 0 Å². The number of fused-ring (bicyclic) bond motifs is 1. The number of hydrogen-bond donors (Lipinski definition) is 1. The molecule has 3 rings (SSSR count). The average molecular weight is 266 g/mol. The van der Waals surface area contributed by atoms with Crippen molar-refractivity contribution in [2.24, 2.45) is 0 Å². The van der Waals surface area contributed by atoms with Gasteiger partial charge in [0, 0.05) is 6.42 Å². The number of benzene rings is 2. The van der Waals surface area contributed by atoms with Crippen LogP contribution in [0.4, 0.5) is 0 Å². The maximum absolute atomic E-state index is 11.1. The Labute approximate surface area is 121 Å². The van der Waals surface area contributed by atoms with Crippen molar-refractivity contribution < 1.29 is 5.11 Å². The van der Waals surface area contributed by atoms with Crippen LogP contribution < -0.4 is 0 Å². The summed E-state index contributed by atoms with van der Waals surface area (Å²) in [7, 11) is 0. The van der Waals surface area contributed by atoms with Crippen LogP contribution in [0, 0.1) is 0 Å². The molecule has 2 aromatic carbocycles. The van der Waals surface area contributed by atoms with Crippen molar-refractivity contribution in [3.05, 3.63) is 70.8 Å². The lowest BCUT2D eigenvalue weighted by Crippen LogP contribution is -2.32. The van der Waals surface area contributed by atoms with Gasteiger partial charge in [-0.25, -0.2) is 0 Å². The molecular weight excluding hydrogens is 244 g/mol. The molecule has 0 heterocycles. The lowest BCUT2D eigenvalue weighted by Gasteiger charge is -2.34. The van der Waals surface area contributed by atoms with E-state index in [9.17, 15) is 5.11 Å². The van der Waals surface area contributed by atoms with Crippen LogP contribution in [0.5, 0.6) is 0 Å². The molecule has 1 aliphatic carbocycles. The minimum Gasteiger partial charge on any atom is -0.385 e. The molecule has 1 atom stereocenters. The lowest BCUT2D eigenvalue weighted by molar-refractivity contribution is 0.0190. The number of aryl methyl sites for hydroxylation is 2. The van der Waals surface area contributed by atoms with Crippen molar-refractivity contribution in [2.75, 3.05) is 0 Å². The second-order valence-corrected chi connectivity index (χ2v) is 5.89. The largest absolute Gasteiger partial charge is 0.385 e. The summed E-state index contributed by atoms with van der Waals surface area (Å²) in [5.41, 5.74) is 4.33. The first kappa shape index (κ1) is 13.4. The van der Waals surface area contributed by atoms with Gasteiger partial charge in [-0.3, -0.25) is 0 Å². The van der Waals surface area contributed by atoms with Crippen LogP contribution >= 0.6 is 0 Å². The third kappa shape index (κ3) is 2.51. The van der Waals surface area contributed by atoms with Crippen LogP contribution in [0.3, 0.4) is 0 Å². The summed E-state index contributed by atoms with van der Waals surface area (Å²) in [4.78, 5) is 0. The molecule has 0 amide bonds. The van der Waals surface area contributed by atoms with Crippen molar-refractivity contribution in [3.8, 4) is 0 Å². The molecule has 1 nitrogen and oxygen atoms in total. The Kier molecular flexibility index (Phi) is 3.62. The Bertz CT molecular complexity index is 585. The SMILES string of the molecule is CCc1ccc(CC2(O)CCCc3ccccc32)cc1. The van der Waals surface area contributed by atoms with Gasteiger partial charge in [-0.1, -0.05) is 55.5 Å². The maximum Gasteiger partial charge on any atom is 0.0939 e. The van der Waals surface area contributed by atoms with Crippen molar-refractivity contribution in [1.82, 2.24) is 0 Å². The molecule has 0 bridgehead atoms. The first-order chi connectivity index (χ1) is 9.71. The predicted octanol–water partition coefficient (Wildman–Crippen LogP) is 4.02. The van der Waals surface area contributed by atoms with Crippen molar-refractivity contribution >= 4 is 0 Å². The summed E-state index contributed by atoms with van der Waals surface area (Å²) >= 11 is 0. The Hall–Kier alpha value is -1.60. The van der Waals surface area contributed by atoms with E-state index >= 15 is 0 Å². The summed E-state index contributed by atoms with van der Waals surface area (Å²) in [5, 5.41) is 11.1. The third-order valence-corrected chi connectivity index (χ3v) is 4.48. The molecule has 0 aliphatic heterocycles. The van der Waals surface area contributed by atoms with E-state index in [0.717, 1.165) is 31.2 Å². The van der Waals surface area contributed by atoms with Crippen LogP contribution in [0.15, 0.2) is 48.5 Å². The molecule has 1 N–H and O–H groups in total. The van der Waals surface area contributed by atoms with Crippen molar-refractivity contribution in [3.63, 3.8) is 0 Å². The van der Waals surface area contributed by atoms with Gasteiger partial charge in [0.15, 0.2) is 0 Å². The van der Waals surface area contributed by atoms with Crippen molar-refractivity contribution in [1.29, 1.82) is 0 Å². The van der Waals surface area contributed by atoms with E-state index in [0.29, 0.717) is 6.42 Å². The topological polar surface area (TPSA) is 20.2 Å². The third-order valence-electron chi connectivity index (χ3n) is 4.48. The highest BCUT2D eigenvalue weighted by Crippen LogP contribution is 2.37. The Balaban J connectivity index is 1.89. The fourth-order valence-electron chi connectivity index (χ4n) is 3.31. The zero-order valence-corrected chi connectivity index (χ0v) is 12.1. The minimum atomic E-state index is -0.692. The normalized spacial score (nSPS) is 21.5. The van der Waals surface area contributed by atoms with Gasteiger partial charge in [0.2, 0.25) is 0 Å². The molecule has 0 saturated heterocycles. The number of aliphatic hydroxyl groups is 1. The zero-order chi connectivity index (χ0) is 14.0. The molecule has 1 aliphatic rings. The van der Waals surface area contributed by atoms with E-state index in [2.05, 4.69) is 49.4 Å². The number of hydrogen-bond acceptors (Lipinski definition) is 1. The smallest absolute Gasteiger partial charge is 0.0939 e. The van der Waals surface area contributed by atoms with E-state index in [1.54, 1.807) is 0 Å². The van der Waals surface area contributed by atoms with E-state index < -0.39 is 5.60 Å².